The Morgan fingerprint density at radius 2 is 2.17 bits per heavy atom. The molecular weight excluding hydrogens is 334 g/mol. The molecule has 3 heterocycles. The number of anilines is 2. The molecule has 3 aromatic rings. The van der Waals surface area contributed by atoms with E-state index < -0.39 is 23.2 Å². The van der Waals surface area contributed by atoms with Crippen molar-refractivity contribution in [1.29, 1.82) is 0 Å². The average molecular weight is 345 g/mol. The Morgan fingerprint density at radius 3 is 2.83 bits per heavy atom. The third-order valence-corrected chi connectivity index (χ3v) is 4.33. The summed E-state index contributed by atoms with van der Waals surface area (Å²) in [6.07, 6.45) is 3.10. The molecule has 2 N–H and O–H groups in total. The van der Waals surface area contributed by atoms with Gasteiger partial charge in [-0.05, 0) is 18.2 Å². The average Bonchev–Trinajstić information content (AvgIpc) is 2.96. The zero-order valence-corrected chi connectivity index (χ0v) is 13.2. The van der Waals surface area contributed by atoms with E-state index in [1.165, 1.54) is 23.2 Å². The molecule has 0 aliphatic carbocycles. The molecule has 0 unspecified atom stereocenters. The largest absolute Gasteiger partial charge is 0.477 e. The van der Waals surface area contributed by atoms with Crippen molar-refractivity contribution in [2.75, 3.05) is 17.3 Å². The number of aromatic nitrogens is 1. The zero-order chi connectivity index (χ0) is 17.3. The molecule has 0 fully saturated rings. The summed E-state index contributed by atoms with van der Waals surface area (Å²) in [6, 6.07) is 5.73. The topological polar surface area (TPSA) is 113 Å². The summed E-state index contributed by atoms with van der Waals surface area (Å²) in [7, 11) is 1.55. The second kappa shape index (κ2) is 6.13. The molecule has 122 valence electrons. The highest BCUT2D eigenvalue weighted by atomic mass is 32.1. The van der Waals surface area contributed by atoms with Crippen molar-refractivity contribution in [3.05, 3.63) is 52.6 Å². The maximum atomic E-state index is 12.2. The Bertz CT molecular complexity index is 980. The van der Waals surface area contributed by atoms with Crippen LogP contribution in [-0.4, -0.2) is 29.1 Å². The lowest BCUT2D eigenvalue weighted by Gasteiger charge is -2.15. The molecule has 0 saturated heterocycles. The molecular formula is C15H11N3O5S. The predicted octanol–water partition coefficient (Wildman–Crippen LogP) is 2.62. The van der Waals surface area contributed by atoms with E-state index in [1.54, 1.807) is 25.4 Å². The maximum Gasteiger partial charge on any atom is 0.351 e. The van der Waals surface area contributed by atoms with Gasteiger partial charge in [0.1, 0.15) is 10.6 Å². The van der Waals surface area contributed by atoms with Gasteiger partial charge in [-0.25, -0.2) is 14.4 Å². The molecule has 8 nitrogen and oxygen atoms in total. The Labute approximate surface area is 139 Å². The molecule has 0 atom stereocenters. The van der Waals surface area contributed by atoms with Crippen molar-refractivity contribution in [3.8, 4) is 0 Å². The van der Waals surface area contributed by atoms with Crippen molar-refractivity contribution < 1.29 is 19.1 Å². The molecule has 0 spiro atoms. The van der Waals surface area contributed by atoms with Crippen molar-refractivity contribution >= 4 is 44.3 Å². The van der Waals surface area contributed by atoms with Gasteiger partial charge in [0.25, 0.3) is 0 Å². The first-order chi connectivity index (χ1) is 11.5. The van der Waals surface area contributed by atoms with Crippen LogP contribution in [-0.2, 0) is 0 Å². The van der Waals surface area contributed by atoms with Crippen LogP contribution in [0.1, 0.15) is 10.4 Å². The summed E-state index contributed by atoms with van der Waals surface area (Å²) in [5, 5.41) is 12.1. The number of pyridine rings is 1. The van der Waals surface area contributed by atoms with Crippen LogP contribution in [0, 0.1) is 0 Å². The first-order valence-electron chi connectivity index (χ1n) is 6.71. The van der Waals surface area contributed by atoms with Crippen LogP contribution < -0.4 is 15.8 Å². The number of hydrogen-bond acceptors (Lipinski definition) is 6. The quantitative estimate of drug-likeness (QED) is 0.754. The number of carboxylic acids is 1. The van der Waals surface area contributed by atoms with Gasteiger partial charge in [0.15, 0.2) is 5.58 Å². The highest BCUT2D eigenvalue weighted by Gasteiger charge is 2.18. The minimum atomic E-state index is -1.36. The van der Waals surface area contributed by atoms with E-state index in [2.05, 4.69) is 10.3 Å². The molecule has 0 aliphatic heterocycles. The summed E-state index contributed by atoms with van der Waals surface area (Å²) in [6.45, 7) is 0. The van der Waals surface area contributed by atoms with Gasteiger partial charge in [-0.15, -0.1) is 11.3 Å². The number of nitrogens with one attached hydrogen (secondary N) is 1. The number of thiophene rings is 1. The molecule has 3 rings (SSSR count). The van der Waals surface area contributed by atoms with Gasteiger partial charge >= 0.3 is 17.6 Å². The van der Waals surface area contributed by atoms with Gasteiger partial charge in [-0.2, -0.15) is 0 Å². The van der Waals surface area contributed by atoms with Crippen LogP contribution in [0.4, 0.5) is 15.5 Å². The van der Waals surface area contributed by atoms with E-state index in [9.17, 15) is 14.4 Å². The van der Waals surface area contributed by atoms with E-state index in [0.29, 0.717) is 15.4 Å². The van der Waals surface area contributed by atoms with Crippen LogP contribution in [0.25, 0.3) is 10.3 Å². The van der Waals surface area contributed by atoms with Crippen molar-refractivity contribution in [2.24, 2.45) is 0 Å². The third kappa shape index (κ3) is 2.97. The first kappa shape index (κ1) is 15.7. The second-order valence-electron chi connectivity index (χ2n) is 4.80. The smallest absolute Gasteiger partial charge is 0.351 e. The van der Waals surface area contributed by atoms with Crippen molar-refractivity contribution in [3.63, 3.8) is 0 Å². The lowest BCUT2D eigenvalue weighted by molar-refractivity contribution is 0.0692. The number of urea groups is 1. The Balaban J connectivity index is 1.90. The molecule has 0 bridgehead atoms. The molecule has 24 heavy (non-hydrogen) atoms. The Kier molecular flexibility index (Phi) is 4.00. The summed E-state index contributed by atoms with van der Waals surface area (Å²) in [5.41, 5.74) is -0.610. The molecule has 0 aromatic carbocycles. The number of amides is 2. The van der Waals surface area contributed by atoms with Gasteiger partial charge in [0, 0.05) is 19.3 Å². The highest BCUT2D eigenvalue weighted by Crippen LogP contribution is 2.32. The van der Waals surface area contributed by atoms with Crippen LogP contribution in [0.3, 0.4) is 0 Å². The minimum absolute atomic E-state index is 0.228. The molecule has 2 amide bonds. The van der Waals surface area contributed by atoms with Gasteiger partial charge in [0.2, 0.25) is 0 Å². The fourth-order valence-corrected chi connectivity index (χ4v) is 2.95. The number of nitrogens with zero attached hydrogens (tertiary/aromatic N) is 2. The summed E-state index contributed by atoms with van der Waals surface area (Å²) >= 11 is 1.14. The fraction of sp³-hybridized carbons (Fsp3) is 0.0667. The van der Waals surface area contributed by atoms with E-state index >= 15 is 0 Å². The predicted molar refractivity (Wildman–Crippen MR) is 89.0 cm³/mol. The molecule has 0 saturated carbocycles. The summed E-state index contributed by atoms with van der Waals surface area (Å²) in [4.78, 5) is 40.0. The Morgan fingerprint density at radius 1 is 1.38 bits per heavy atom. The van der Waals surface area contributed by atoms with Gasteiger partial charge in [-0.1, -0.05) is 0 Å². The molecule has 0 radical (unpaired) electrons. The Hall–Kier alpha value is -3.20. The van der Waals surface area contributed by atoms with E-state index in [0.717, 1.165) is 11.3 Å². The zero-order valence-electron chi connectivity index (χ0n) is 12.3. The number of carbonyl (C=O) groups is 2. The van der Waals surface area contributed by atoms with Gasteiger partial charge in [-0.3, -0.25) is 9.88 Å². The summed E-state index contributed by atoms with van der Waals surface area (Å²) < 4.78 is 5.45. The van der Waals surface area contributed by atoms with Crippen LogP contribution in [0.2, 0.25) is 0 Å². The minimum Gasteiger partial charge on any atom is -0.477 e. The van der Waals surface area contributed by atoms with Gasteiger partial charge < -0.3 is 14.8 Å². The normalized spacial score (nSPS) is 10.5. The number of rotatable bonds is 3. The van der Waals surface area contributed by atoms with Crippen LogP contribution in [0.5, 0.6) is 0 Å². The fourth-order valence-electron chi connectivity index (χ4n) is 1.96. The number of hydrogen-bond donors (Lipinski definition) is 2. The molecule has 9 heteroatoms. The van der Waals surface area contributed by atoms with Gasteiger partial charge in [0.05, 0.1) is 16.6 Å². The van der Waals surface area contributed by atoms with Crippen LogP contribution >= 0.6 is 11.3 Å². The van der Waals surface area contributed by atoms with E-state index in [-0.39, 0.29) is 5.58 Å². The van der Waals surface area contributed by atoms with Crippen molar-refractivity contribution in [2.45, 2.75) is 0 Å². The lowest BCUT2D eigenvalue weighted by Crippen LogP contribution is -2.30. The summed E-state index contributed by atoms with van der Waals surface area (Å²) in [5.74, 6) is -1.36. The van der Waals surface area contributed by atoms with Crippen LogP contribution in [0.15, 0.2) is 45.9 Å². The molecule has 0 aliphatic rings. The first-order valence-corrected chi connectivity index (χ1v) is 7.53. The third-order valence-electron chi connectivity index (χ3n) is 3.19. The maximum absolute atomic E-state index is 12.2. The van der Waals surface area contributed by atoms with E-state index in [4.69, 9.17) is 9.52 Å². The molecule has 3 aromatic heterocycles. The number of carboxylic acid groups (broad SMARTS) is 1. The number of aromatic carboxylic acids is 1. The SMILES string of the molecule is CN(C(=O)Nc1cccnc1)c1cc2oc(=O)c(C(=O)O)cc2s1. The standard InChI is InChI=1S/C15H11N3O5S/c1-18(15(22)17-8-3-2-4-16-7-8)12-6-10-11(24-12)5-9(13(19)20)14(21)23-10/h2-7H,1H3,(H,17,22)(H,19,20). The van der Waals surface area contributed by atoms with Crippen molar-refractivity contribution in [1.82, 2.24) is 4.98 Å². The number of carbonyl (C=O) groups excluding carboxylic acids is 1. The lowest BCUT2D eigenvalue weighted by atomic mass is 10.3. The highest BCUT2D eigenvalue weighted by molar-refractivity contribution is 7.22. The second-order valence-corrected chi connectivity index (χ2v) is 5.86. The monoisotopic (exact) mass is 345 g/mol. The van der Waals surface area contributed by atoms with E-state index in [1.807, 2.05) is 0 Å². The number of fused-ring (bicyclic) bond motifs is 1.